The van der Waals surface area contributed by atoms with Crippen LogP contribution < -0.4 is 0 Å². The number of hydrogen-bond acceptors (Lipinski definition) is 1. The maximum atomic E-state index is 4.75. The van der Waals surface area contributed by atoms with Crippen molar-refractivity contribution in [2.45, 2.75) is 66.2 Å². The number of nitrogens with zero attached hydrogens (tertiary/aromatic N) is 1. The summed E-state index contributed by atoms with van der Waals surface area (Å²) < 4.78 is 0. The molecular weight excluding hydrogens is 338 g/mol. The van der Waals surface area contributed by atoms with Crippen LogP contribution in [0.3, 0.4) is 0 Å². The molecule has 0 aliphatic heterocycles. The van der Waals surface area contributed by atoms with E-state index in [1.165, 1.54) is 46.8 Å². The molecule has 0 amide bonds. The first-order valence-electron chi connectivity index (χ1n) is 11.0. The molecule has 148 valence electrons. The second kappa shape index (κ2) is 9.87. The minimum atomic E-state index is 0.528. The Labute approximate surface area is 171 Å². The fourth-order valence-electron chi connectivity index (χ4n) is 3.89. The fraction of sp³-hybridized carbons (Fsp3) is 0.444. The fourth-order valence-corrected chi connectivity index (χ4v) is 3.89. The van der Waals surface area contributed by atoms with E-state index in [4.69, 9.17) is 4.98 Å². The van der Waals surface area contributed by atoms with Crippen LogP contribution in [0.4, 0.5) is 0 Å². The first-order valence-corrected chi connectivity index (χ1v) is 11.0. The number of fused-ring (bicyclic) bond motifs is 1. The van der Waals surface area contributed by atoms with Gasteiger partial charge in [-0.05, 0) is 62.0 Å². The number of aromatic nitrogens is 1. The highest BCUT2D eigenvalue weighted by molar-refractivity contribution is 5.93. The highest BCUT2D eigenvalue weighted by atomic mass is 14.7. The zero-order valence-corrected chi connectivity index (χ0v) is 18.0. The Balaban J connectivity index is 0.000000391. The van der Waals surface area contributed by atoms with Gasteiger partial charge in [0.25, 0.3) is 0 Å². The van der Waals surface area contributed by atoms with Gasteiger partial charge in [-0.25, -0.2) is 0 Å². The zero-order valence-electron chi connectivity index (χ0n) is 18.0. The van der Waals surface area contributed by atoms with Crippen LogP contribution in [-0.4, -0.2) is 4.98 Å². The Morgan fingerprint density at radius 1 is 1.04 bits per heavy atom. The SMILES string of the molecule is CCC1CC1.CCC=CCC1CC(C)=C(C)C=C1c1nccc2ccccc12. The average molecular weight is 374 g/mol. The Morgan fingerprint density at radius 2 is 1.82 bits per heavy atom. The first kappa shape index (κ1) is 20.6. The quantitative estimate of drug-likeness (QED) is 0.482. The second-order valence-electron chi connectivity index (χ2n) is 8.31. The van der Waals surface area contributed by atoms with E-state index in [1.54, 1.807) is 0 Å². The van der Waals surface area contributed by atoms with Gasteiger partial charge < -0.3 is 0 Å². The van der Waals surface area contributed by atoms with Gasteiger partial charge in [0.2, 0.25) is 0 Å². The highest BCUT2D eigenvalue weighted by Crippen LogP contribution is 2.39. The minimum Gasteiger partial charge on any atom is -0.256 e. The van der Waals surface area contributed by atoms with Crippen LogP contribution in [0.5, 0.6) is 0 Å². The Hall–Kier alpha value is -2.15. The molecule has 0 radical (unpaired) electrons. The van der Waals surface area contributed by atoms with E-state index < -0.39 is 0 Å². The normalized spacial score (nSPS) is 19.6. The van der Waals surface area contributed by atoms with Gasteiger partial charge in [0.15, 0.2) is 0 Å². The van der Waals surface area contributed by atoms with Gasteiger partial charge in [-0.3, -0.25) is 4.98 Å². The minimum absolute atomic E-state index is 0.528. The molecule has 2 aliphatic rings. The standard InChI is InChI=1S/C22H25N.C5H10/c1-4-5-6-10-19-14-16(2)17(3)15-21(19)22-20-11-8-7-9-18(20)12-13-23-22;1-2-5-3-4-5/h5-9,11-13,15,19H,4,10,14H2,1-3H3;5H,2-4H2,1H3. The molecule has 4 rings (SSSR count). The van der Waals surface area contributed by atoms with Crippen molar-refractivity contribution in [3.8, 4) is 0 Å². The van der Waals surface area contributed by atoms with Gasteiger partial charge >= 0.3 is 0 Å². The van der Waals surface area contributed by atoms with Crippen LogP contribution >= 0.6 is 0 Å². The number of rotatable bonds is 5. The first-order chi connectivity index (χ1) is 13.6. The lowest BCUT2D eigenvalue weighted by molar-refractivity contribution is 0.658. The third-order valence-electron chi connectivity index (χ3n) is 6.08. The maximum absolute atomic E-state index is 4.75. The molecule has 0 saturated heterocycles. The maximum Gasteiger partial charge on any atom is 0.0743 e. The summed E-state index contributed by atoms with van der Waals surface area (Å²) in [6.07, 6.45) is 16.7. The highest BCUT2D eigenvalue weighted by Gasteiger charge is 2.22. The van der Waals surface area contributed by atoms with Crippen LogP contribution in [0.25, 0.3) is 16.3 Å². The molecular formula is C27H35N. The molecule has 1 aromatic heterocycles. The Kier molecular flexibility index (Phi) is 7.25. The molecule has 28 heavy (non-hydrogen) atoms. The van der Waals surface area contributed by atoms with Gasteiger partial charge in [0.1, 0.15) is 0 Å². The van der Waals surface area contributed by atoms with Gasteiger partial charge in [-0.15, -0.1) is 0 Å². The van der Waals surface area contributed by atoms with Crippen LogP contribution in [0.1, 0.15) is 71.9 Å². The lowest BCUT2D eigenvalue weighted by Crippen LogP contribution is -2.10. The van der Waals surface area contributed by atoms with Crippen LogP contribution in [-0.2, 0) is 0 Å². The molecule has 0 bridgehead atoms. The predicted molar refractivity (Wildman–Crippen MR) is 123 cm³/mol. The molecule has 0 spiro atoms. The number of allylic oxidation sites excluding steroid dienone is 6. The van der Waals surface area contributed by atoms with Crippen molar-refractivity contribution in [3.05, 3.63) is 71.6 Å². The average Bonchev–Trinajstić information content (AvgIpc) is 3.55. The third kappa shape index (κ3) is 5.22. The summed E-state index contributed by atoms with van der Waals surface area (Å²) in [6.45, 7) is 8.93. The molecule has 1 heterocycles. The van der Waals surface area contributed by atoms with E-state index in [0.29, 0.717) is 5.92 Å². The monoisotopic (exact) mass is 373 g/mol. The molecule has 1 nitrogen and oxygen atoms in total. The lowest BCUT2D eigenvalue weighted by atomic mass is 9.80. The van der Waals surface area contributed by atoms with Crippen molar-refractivity contribution < 1.29 is 0 Å². The van der Waals surface area contributed by atoms with E-state index in [1.807, 2.05) is 6.20 Å². The van der Waals surface area contributed by atoms with Crippen LogP contribution in [0.2, 0.25) is 0 Å². The summed E-state index contributed by atoms with van der Waals surface area (Å²) >= 11 is 0. The van der Waals surface area contributed by atoms with E-state index in [9.17, 15) is 0 Å². The molecule has 2 aliphatic carbocycles. The van der Waals surface area contributed by atoms with Crippen LogP contribution in [0.15, 0.2) is 65.9 Å². The molecule has 1 unspecified atom stereocenters. The van der Waals surface area contributed by atoms with Gasteiger partial charge in [0, 0.05) is 11.6 Å². The Morgan fingerprint density at radius 3 is 2.50 bits per heavy atom. The van der Waals surface area contributed by atoms with Gasteiger partial charge in [-0.1, -0.05) is 86.7 Å². The summed E-state index contributed by atoms with van der Waals surface area (Å²) in [4.78, 5) is 4.75. The number of benzene rings is 1. The third-order valence-corrected chi connectivity index (χ3v) is 6.08. The largest absolute Gasteiger partial charge is 0.256 e. The van der Waals surface area contributed by atoms with Gasteiger partial charge in [0.05, 0.1) is 5.69 Å². The molecule has 0 N–H and O–H groups in total. The van der Waals surface area contributed by atoms with E-state index in [-0.39, 0.29) is 0 Å². The second-order valence-corrected chi connectivity index (χ2v) is 8.31. The Bertz CT molecular complexity index is 875. The lowest BCUT2D eigenvalue weighted by Gasteiger charge is -2.25. The van der Waals surface area contributed by atoms with E-state index >= 15 is 0 Å². The number of hydrogen-bond donors (Lipinski definition) is 0. The smallest absolute Gasteiger partial charge is 0.0743 e. The molecule has 1 aromatic carbocycles. The molecule has 2 aromatic rings. The van der Waals surface area contributed by atoms with E-state index in [0.717, 1.165) is 30.9 Å². The molecule has 1 atom stereocenters. The van der Waals surface area contributed by atoms with Crippen molar-refractivity contribution in [2.24, 2.45) is 11.8 Å². The van der Waals surface area contributed by atoms with Crippen molar-refractivity contribution in [1.29, 1.82) is 0 Å². The topological polar surface area (TPSA) is 12.9 Å². The molecule has 1 fully saturated rings. The summed E-state index contributed by atoms with van der Waals surface area (Å²) in [7, 11) is 0. The van der Waals surface area contributed by atoms with Crippen LogP contribution in [0, 0.1) is 11.8 Å². The number of pyridine rings is 1. The van der Waals surface area contributed by atoms with Gasteiger partial charge in [-0.2, -0.15) is 0 Å². The van der Waals surface area contributed by atoms with E-state index in [2.05, 4.69) is 76.3 Å². The summed E-state index contributed by atoms with van der Waals surface area (Å²) in [6, 6.07) is 10.7. The summed E-state index contributed by atoms with van der Waals surface area (Å²) in [5, 5.41) is 2.53. The molecule has 1 heteroatoms. The zero-order chi connectivity index (χ0) is 19.9. The molecule has 1 saturated carbocycles. The van der Waals surface area contributed by atoms with Crippen molar-refractivity contribution in [3.63, 3.8) is 0 Å². The predicted octanol–water partition coefficient (Wildman–Crippen LogP) is 8.14. The van der Waals surface area contributed by atoms with Crippen molar-refractivity contribution in [1.82, 2.24) is 4.98 Å². The van der Waals surface area contributed by atoms with Crippen molar-refractivity contribution in [2.75, 3.05) is 0 Å². The summed E-state index contributed by atoms with van der Waals surface area (Å²) in [5.41, 5.74) is 5.45. The van der Waals surface area contributed by atoms with Crippen molar-refractivity contribution >= 4 is 16.3 Å². The summed E-state index contributed by atoms with van der Waals surface area (Å²) in [5.74, 6) is 1.66.